The van der Waals surface area contributed by atoms with Gasteiger partial charge in [0.1, 0.15) is 0 Å². The van der Waals surface area contributed by atoms with Gasteiger partial charge in [-0.3, -0.25) is 0 Å². The SMILES string of the molecule is OC1(c2ccc(-c3ccno3)cc2)CC2CCCC(C1)N2. The summed E-state index contributed by atoms with van der Waals surface area (Å²) in [5, 5.41) is 18.5. The first kappa shape index (κ1) is 13.0. The second kappa shape index (κ2) is 4.97. The van der Waals surface area contributed by atoms with Gasteiger partial charge in [-0.25, -0.2) is 0 Å². The van der Waals surface area contributed by atoms with Crippen molar-refractivity contribution < 1.29 is 9.63 Å². The fourth-order valence-corrected chi connectivity index (χ4v) is 3.88. The van der Waals surface area contributed by atoms with Crippen LogP contribution >= 0.6 is 0 Å². The Kier molecular flexibility index (Phi) is 3.08. The zero-order valence-electron chi connectivity index (χ0n) is 12.0. The summed E-state index contributed by atoms with van der Waals surface area (Å²) in [6, 6.07) is 10.8. The van der Waals surface area contributed by atoms with Gasteiger partial charge in [0.2, 0.25) is 0 Å². The lowest BCUT2D eigenvalue weighted by molar-refractivity contribution is -0.0358. The molecule has 4 heteroatoms. The Morgan fingerprint density at radius 3 is 2.43 bits per heavy atom. The van der Waals surface area contributed by atoms with Crippen LogP contribution in [0.4, 0.5) is 0 Å². The molecule has 0 aliphatic carbocycles. The van der Waals surface area contributed by atoms with Gasteiger partial charge in [0, 0.05) is 23.7 Å². The quantitative estimate of drug-likeness (QED) is 0.890. The van der Waals surface area contributed by atoms with Crippen molar-refractivity contribution in [2.45, 2.75) is 49.8 Å². The highest BCUT2D eigenvalue weighted by molar-refractivity contribution is 5.57. The van der Waals surface area contributed by atoms with Crippen molar-refractivity contribution in [3.63, 3.8) is 0 Å². The monoisotopic (exact) mass is 284 g/mol. The van der Waals surface area contributed by atoms with Crippen molar-refractivity contribution in [2.75, 3.05) is 0 Å². The van der Waals surface area contributed by atoms with Crippen molar-refractivity contribution in [3.8, 4) is 11.3 Å². The van der Waals surface area contributed by atoms with E-state index in [4.69, 9.17) is 4.52 Å². The number of benzene rings is 1. The van der Waals surface area contributed by atoms with Gasteiger partial charge in [0.15, 0.2) is 5.76 Å². The van der Waals surface area contributed by atoms with Crippen LogP contribution < -0.4 is 5.32 Å². The standard InChI is InChI=1S/C17H20N2O2/c20-17(10-14-2-1-3-15(11-17)19-14)13-6-4-12(5-7-13)16-8-9-18-21-16/h4-9,14-15,19-20H,1-3,10-11H2. The van der Waals surface area contributed by atoms with Crippen molar-refractivity contribution >= 4 is 0 Å². The molecule has 4 rings (SSSR count). The third-order valence-electron chi connectivity index (χ3n) is 4.89. The second-order valence-corrected chi connectivity index (χ2v) is 6.39. The molecular weight excluding hydrogens is 264 g/mol. The molecule has 2 aromatic rings. The van der Waals surface area contributed by atoms with E-state index in [1.807, 2.05) is 30.3 Å². The van der Waals surface area contributed by atoms with Gasteiger partial charge < -0.3 is 14.9 Å². The molecule has 0 spiro atoms. The number of rotatable bonds is 2. The lowest BCUT2D eigenvalue weighted by Crippen LogP contribution is -2.54. The minimum Gasteiger partial charge on any atom is -0.385 e. The molecular formula is C17H20N2O2. The molecule has 110 valence electrons. The fourth-order valence-electron chi connectivity index (χ4n) is 3.88. The maximum Gasteiger partial charge on any atom is 0.166 e. The number of hydrogen-bond donors (Lipinski definition) is 2. The molecule has 1 aromatic heterocycles. The lowest BCUT2D eigenvalue weighted by Gasteiger charge is -2.45. The predicted octanol–water partition coefficient (Wildman–Crippen LogP) is 2.83. The molecule has 3 heterocycles. The molecule has 1 aromatic carbocycles. The predicted molar refractivity (Wildman–Crippen MR) is 79.6 cm³/mol. The highest BCUT2D eigenvalue weighted by Crippen LogP contribution is 2.40. The Labute approximate surface area is 124 Å². The molecule has 0 radical (unpaired) electrons. The zero-order chi connectivity index (χ0) is 14.3. The van der Waals surface area contributed by atoms with Crippen LogP contribution in [0.1, 0.15) is 37.7 Å². The summed E-state index contributed by atoms with van der Waals surface area (Å²) in [6.45, 7) is 0. The Bertz CT molecular complexity index is 594. The molecule has 2 atom stereocenters. The highest BCUT2D eigenvalue weighted by atomic mass is 16.5. The first-order valence-electron chi connectivity index (χ1n) is 7.73. The lowest BCUT2D eigenvalue weighted by atomic mass is 9.74. The Hall–Kier alpha value is -1.65. The number of nitrogens with zero attached hydrogens (tertiary/aromatic N) is 1. The van der Waals surface area contributed by atoms with Crippen molar-refractivity contribution in [1.29, 1.82) is 0 Å². The van der Waals surface area contributed by atoms with Gasteiger partial charge in [-0.15, -0.1) is 0 Å². The van der Waals surface area contributed by atoms with Gasteiger partial charge in [-0.05, 0) is 31.2 Å². The van der Waals surface area contributed by atoms with Crippen LogP contribution in [-0.4, -0.2) is 22.3 Å². The Morgan fingerprint density at radius 1 is 1.10 bits per heavy atom. The van der Waals surface area contributed by atoms with Crippen LogP contribution in [0.2, 0.25) is 0 Å². The molecule has 0 saturated carbocycles. The van der Waals surface area contributed by atoms with Crippen molar-refractivity contribution in [3.05, 3.63) is 42.1 Å². The summed E-state index contributed by atoms with van der Waals surface area (Å²) in [5.74, 6) is 0.760. The van der Waals surface area contributed by atoms with Crippen LogP contribution in [0.15, 0.2) is 41.1 Å². The number of nitrogens with one attached hydrogen (secondary N) is 1. The first-order chi connectivity index (χ1) is 10.2. The summed E-state index contributed by atoms with van der Waals surface area (Å²) in [7, 11) is 0. The molecule has 2 bridgehead atoms. The topological polar surface area (TPSA) is 58.3 Å². The van der Waals surface area contributed by atoms with Gasteiger partial charge in [0.25, 0.3) is 0 Å². The minimum absolute atomic E-state index is 0.455. The first-order valence-corrected chi connectivity index (χ1v) is 7.73. The summed E-state index contributed by atoms with van der Waals surface area (Å²) in [4.78, 5) is 0. The van der Waals surface area contributed by atoms with Gasteiger partial charge in [-0.2, -0.15) is 0 Å². The number of aromatic nitrogens is 1. The maximum absolute atomic E-state index is 11.1. The summed E-state index contributed by atoms with van der Waals surface area (Å²) in [6.07, 6.45) is 6.90. The van der Waals surface area contributed by atoms with E-state index in [2.05, 4.69) is 10.5 Å². The molecule has 2 N–H and O–H groups in total. The molecule has 2 aliphatic heterocycles. The Morgan fingerprint density at radius 2 is 1.81 bits per heavy atom. The van der Waals surface area contributed by atoms with Gasteiger partial charge >= 0.3 is 0 Å². The number of piperidine rings is 2. The van der Waals surface area contributed by atoms with Crippen LogP contribution in [0, 0.1) is 0 Å². The second-order valence-electron chi connectivity index (χ2n) is 6.39. The van der Waals surface area contributed by atoms with E-state index in [-0.39, 0.29) is 0 Å². The number of aliphatic hydroxyl groups is 1. The molecule has 2 saturated heterocycles. The summed E-state index contributed by atoms with van der Waals surface area (Å²) in [5.41, 5.74) is 1.32. The maximum atomic E-state index is 11.1. The van der Waals surface area contributed by atoms with Crippen LogP contribution in [0.5, 0.6) is 0 Å². The third kappa shape index (κ3) is 2.39. The van der Waals surface area contributed by atoms with E-state index in [1.54, 1.807) is 6.20 Å². The molecule has 2 aliphatic rings. The zero-order valence-corrected chi connectivity index (χ0v) is 12.0. The Balaban J connectivity index is 1.60. The van der Waals surface area contributed by atoms with Gasteiger partial charge in [0.05, 0.1) is 11.8 Å². The molecule has 4 nitrogen and oxygen atoms in total. The fraction of sp³-hybridized carbons (Fsp3) is 0.471. The number of hydrogen-bond acceptors (Lipinski definition) is 4. The average Bonchev–Trinajstić information content (AvgIpc) is 3.01. The van der Waals surface area contributed by atoms with Crippen LogP contribution in [0.25, 0.3) is 11.3 Å². The summed E-state index contributed by atoms with van der Waals surface area (Å²) >= 11 is 0. The largest absolute Gasteiger partial charge is 0.385 e. The van der Waals surface area contributed by atoms with E-state index in [0.717, 1.165) is 29.7 Å². The molecule has 21 heavy (non-hydrogen) atoms. The molecule has 0 amide bonds. The average molecular weight is 284 g/mol. The summed E-state index contributed by atoms with van der Waals surface area (Å²) < 4.78 is 5.17. The van der Waals surface area contributed by atoms with Crippen LogP contribution in [-0.2, 0) is 5.60 Å². The highest BCUT2D eigenvalue weighted by Gasteiger charge is 2.41. The van der Waals surface area contributed by atoms with Crippen molar-refractivity contribution in [2.24, 2.45) is 0 Å². The van der Waals surface area contributed by atoms with Crippen molar-refractivity contribution in [1.82, 2.24) is 10.5 Å². The normalized spacial score (nSPS) is 32.0. The third-order valence-corrected chi connectivity index (χ3v) is 4.89. The molecule has 2 fully saturated rings. The smallest absolute Gasteiger partial charge is 0.166 e. The van der Waals surface area contributed by atoms with Gasteiger partial charge in [-0.1, -0.05) is 35.8 Å². The number of fused-ring (bicyclic) bond motifs is 2. The van der Waals surface area contributed by atoms with E-state index in [0.29, 0.717) is 12.1 Å². The van der Waals surface area contributed by atoms with Crippen LogP contribution in [0.3, 0.4) is 0 Å². The molecule has 2 unspecified atom stereocenters. The minimum atomic E-state index is -0.694. The van der Waals surface area contributed by atoms with E-state index in [9.17, 15) is 5.11 Å². The van der Waals surface area contributed by atoms with E-state index in [1.165, 1.54) is 19.3 Å². The van der Waals surface area contributed by atoms with E-state index >= 15 is 0 Å². The van der Waals surface area contributed by atoms with E-state index < -0.39 is 5.60 Å².